The number of halogens is 1. The number of hydrogen-bond donors (Lipinski definition) is 0. The van der Waals surface area contributed by atoms with Gasteiger partial charge in [-0.3, -0.25) is 4.79 Å². The van der Waals surface area contributed by atoms with Gasteiger partial charge in [0.25, 0.3) is 5.91 Å². The fraction of sp³-hybridized carbons (Fsp3) is 0.250. The molecule has 0 aliphatic carbocycles. The molecule has 0 bridgehead atoms. The van der Waals surface area contributed by atoms with Gasteiger partial charge >= 0.3 is 0 Å². The average molecular weight is 330 g/mol. The number of aryl methyl sites for hydroxylation is 1. The zero-order chi connectivity index (χ0) is 12.4. The predicted octanol–water partition coefficient (Wildman–Crippen LogP) is 4.15. The summed E-state index contributed by atoms with van der Waals surface area (Å²) in [6.45, 7) is 2.67. The van der Waals surface area contributed by atoms with E-state index in [0.717, 1.165) is 14.2 Å². The van der Waals surface area contributed by atoms with E-state index < -0.39 is 0 Å². The number of carbonyl (C=O) groups is 1. The molecule has 0 aromatic carbocycles. The molecule has 5 heteroatoms. The molecule has 2 aromatic rings. The maximum Gasteiger partial charge on any atom is 0.264 e. The molecule has 1 amide bonds. The minimum Gasteiger partial charge on any atom is -0.336 e. The summed E-state index contributed by atoms with van der Waals surface area (Å²) in [6, 6.07) is 5.98. The Morgan fingerprint density at radius 2 is 2.29 bits per heavy atom. The Bertz CT molecular complexity index is 499. The molecule has 0 spiro atoms. The average Bonchev–Trinajstić information content (AvgIpc) is 2.89. The Hall–Kier alpha value is -0.650. The van der Waals surface area contributed by atoms with Crippen molar-refractivity contribution >= 4 is 44.5 Å². The third-order valence-corrected chi connectivity index (χ3v) is 5.37. The first-order valence-electron chi connectivity index (χ1n) is 5.11. The van der Waals surface area contributed by atoms with Crippen LogP contribution in [0.4, 0.5) is 0 Å². The third kappa shape index (κ3) is 2.97. The van der Waals surface area contributed by atoms with Gasteiger partial charge in [0, 0.05) is 11.9 Å². The minimum atomic E-state index is 0.0807. The zero-order valence-electron chi connectivity index (χ0n) is 9.57. The molecule has 2 rings (SSSR count). The van der Waals surface area contributed by atoms with Crippen LogP contribution in [-0.2, 0) is 6.54 Å². The van der Waals surface area contributed by atoms with E-state index in [1.54, 1.807) is 16.2 Å². The van der Waals surface area contributed by atoms with Gasteiger partial charge in [0.2, 0.25) is 0 Å². The fourth-order valence-corrected chi connectivity index (χ4v) is 3.75. The highest BCUT2D eigenvalue weighted by molar-refractivity contribution is 9.11. The number of hydrogen-bond acceptors (Lipinski definition) is 3. The van der Waals surface area contributed by atoms with Gasteiger partial charge in [-0.2, -0.15) is 0 Å². The SMILES string of the molecule is Cc1cc(C(=O)N(C)Cc2cccs2)sc1Br. The summed E-state index contributed by atoms with van der Waals surface area (Å²) in [5, 5.41) is 2.03. The molecule has 0 saturated heterocycles. The van der Waals surface area contributed by atoms with Gasteiger partial charge in [0.15, 0.2) is 0 Å². The largest absolute Gasteiger partial charge is 0.336 e. The van der Waals surface area contributed by atoms with Crippen molar-refractivity contribution in [2.45, 2.75) is 13.5 Å². The summed E-state index contributed by atoms with van der Waals surface area (Å²) < 4.78 is 1.03. The van der Waals surface area contributed by atoms with Crippen molar-refractivity contribution in [3.05, 3.63) is 42.7 Å². The summed E-state index contributed by atoms with van der Waals surface area (Å²) in [5.41, 5.74) is 1.11. The van der Waals surface area contributed by atoms with Gasteiger partial charge < -0.3 is 4.90 Å². The molecule has 2 heterocycles. The van der Waals surface area contributed by atoms with Crippen LogP contribution in [0.2, 0.25) is 0 Å². The van der Waals surface area contributed by atoms with Gasteiger partial charge in [-0.15, -0.1) is 22.7 Å². The summed E-state index contributed by atoms with van der Waals surface area (Å²) in [4.78, 5) is 15.9. The fourth-order valence-electron chi connectivity index (χ4n) is 1.46. The van der Waals surface area contributed by atoms with E-state index in [2.05, 4.69) is 15.9 Å². The van der Waals surface area contributed by atoms with Gasteiger partial charge in [0.1, 0.15) is 0 Å². The van der Waals surface area contributed by atoms with Crippen LogP contribution in [0.1, 0.15) is 20.1 Å². The molecule has 2 aromatic heterocycles. The smallest absolute Gasteiger partial charge is 0.264 e. The molecule has 90 valence electrons. The lowest BCUT2D eigenvalue weighted by Crippen LogP contribution is -2.24. The summed E-state index contributed by atoms with van der Waals surface area (Å²) >= 11 is 6.61. The second-order valence-electron chi connectivity index (χ2n) is 3.81. The monoisotopic (exact) mass is 329 g/mol. The summed E-state index contributed by atoms with van der Waals surface area (Å²) in [5.74, 6) is 0.0807. The molecule has 0 radical (unpaired) electrons. The van der Waals surface area contributed by atoms with Crippen LogP contribution in [0.25, 0.3) is 0 Å². The van der Waals surface area contributed by atoms with Crippen molar-refractivity contribution in [1.29, 1.82) is 0 Å². The van der Waals surface area contributed by atoms with E-state index in [1.807, 2.05) is 37.6 Å². The van der Waals surface area contributed by atoms with E-state index in [0.29, 0.717) is 6.54 Å². The molecule has 0 aliphatic heterocycles. The van der Waals surface area contributed by atoms with Crippen molar-refractivity contribution in [3.63, 3.8) is 0 Å². The molecule has 0 unspecified atom stereocenters. The number of rotatable bonds is 3. The molecule has 0 fully saturated rings. The highest BCUT2D eigenvalue weighted by Gasteiger charge is 2.15. The van der Waals surface area contributed by atoms with E-state index in [-0.39, 0.29) is 5.91 Å². The van der Waals surface area contributed by atoms with Crippen LogP contribution in [0.15, 0.2) is 27.4 Å². The number of thiophene rings is 2. The Morgan fingerprint density at radius 3 is 2.82 bits per heavy atom. The Kier molecular flexibility index (Phi) is 4.01. The molecule has 2 nitrogen and oxygen atoms in total. The molecular weight excluding hydrogens is 318 g/mol. The van der Waals surface area contributed by atoms with Crippen LogP contribution in [-0.4, -0.2) is 17.9 Å². The topological polar surface area (TPSA) is 20.3 Å². The van der Waals surface area contributed by atoms with E-state index in [9.17, 15) is 4.79 Å². The molecular formula is C12H12BrNOS2. The molecule has 0 N–H and O–H groups in total. The zero-order valence-corrected chi connectivity index (χ0v) is 12.8. The second-order valence-corrected chi connectivity index (χ2v) is 7.21. The quantitative estimate of drug-likeness (QED) is 0.828. The second kappa shape index (κ2) is 5.33. The minimum absolute atomic E-state index is 0.0807. The van der Waals surface area contributed by atoms with E-state index >= 15 is 0 Å². The van der Waals surface area contributed by atoms with Crippen molar-refractivity contribution < 1.29 is 4.79 Å². The van der Waals surface area contributed by atoms with Crippen LogP contribution in [0.5, 0.6) is 0 Å². The first kappa shape index (κ1) is 12.8. The van der Waals surface area contributed by atoms with Gasteiger partial charge in [-0.05, 0) is 45.9 Å². The van der Waals surface area contributed by atoms with Crippen molar-refractivity contribution in [3.8, 4) is 0 Å². The van der Waals surface area contributed by atoms with Crippen LogP contribution in [0.3, 0.4) is 0 Å². The lowest BCUT2D eigenvalue weighted by Gasteiger charge is -2.14. The van der Waals surface area contributed by atoms with Crippen LogP contribution >= 0.6 is 38.6 Å². The predicted molar refractivity (Wildman–Crippen MR) is 76.9 cm³/mol. The number of nitrogens with zero attached hydrogens (tertiary/aromatic N) is 1. The maximum absolute atomic E-state index is 12.2. The maximum atomic E-state index is 12.2. The van der Waals surface area contributed by atoms with Crippen LogP contribution < -0.4 is 0 Å². The van der Waals surface area contributed by atoms with Gasteiger partial charge in [-0.1, -0.05) is 6.07 Å². The molecule has 0 saturated carbocycles. The highest BCUT2D eigenvalue weighted by Crippen LogP contribution is 2.28. The third-order valence-electron chi connectivity index (χ3n) is 2.39. The lowest BCUT2D eigenvalue weighted by atomic mass is 10.3. The standard InChI is InChI=1S/C12H12BrNOS2/c1-8-6-10(17-11(8)13)12(15)14(2)7-9-4-3-5-16-9/h3-6H,7H2,1-2H3. The lowest BCUT2D eigenvalue weighted by molar-refractivity contribution is 0.0791. The number of carbonyl (C=O) groups excluding carboxylic acids is 1. The van der Waals surface area contributed by atoms with Gasteiger partial charge in [0.05, 0.1) is 15.2 Å². The van der Waals surface area contributed by atoms with Crippen molar-refractivity contribution in [2.24, 2.45) is 0 Å². The van der Waals surface area contributed by atoms with Crippen molar-refractivity contribution in [1.82, 2.24) is 4.90 Å². The Labute approximate surface area is 117 Å². The Morgan fingerprint density at radius 1 is 1.53 bits per heavy atom. The highest BCUT2D eigenvalue weighted by atomic mass is 79.9. The normalized spacial score (nSPS) is 10.5. The van der Waals surface area contributed by atoms with E-state index in [4.69, 9.17) is 0 Å². The summed E-state index contributed by atoms with van der Waals surface area (Å²) in [6.07, 6.45) is 0. The number of amides is 1. The summed E-state index contributed by atoms with van der Waals surface area (Å²) in [7, 11) is 1.84. The molecule has 0 atom stereocenters. The Balaban J connectivity index is 2.09. The van der Waals surface area contributed by atoms with Crippen molar-refractivity contribution in [2.75, 3.05) is 7.05 Å². The first-order valence-corrected chi connectivity index (χ1v) is 7.60. The van der Waals surface area contributed by atoms with Crippen LogP contribution in [0, 0.1) is 6.92 Å². The van der Waals surface area contributed by atoms with Gasteiger partial charge in [-0.25, -0.2) is 0 Å². The molecule has 0 aliphatic rings. The first-order chi connectivity index (χ1) is 8.08. The molecule has 17 heavy (non-hydrogen) atoms. The van der Waals surface area contributed by atoms with E-state index in [1.165, 1.54) is 16.2 Å².